The maximum Gasteiger partial charge on any atom is 0.326 e. The largest absolute Gasteiger partial charge is 0.481 e. The van der Waals surface area contributed by atoms with Crippen molar-refractivity contribution in [3.8, 4) is 5.75 Å². The van der Waals surface area contributed by atoms with Gasteiger partial charge >= 0.3 is 23.9 Å². The lowest BCUT2D eigenvalue weighted by Gasteiger charge is -2.27. The molecule has 4 aromatic rings. The van der Waals surface area contributed by atoms with Crippen molar-refractivity contribution in [1.29, 1.82) is 0 Å². The summed E-state index contributed by atoms with van der Waals surface area (Å²) in [5.74, 6) is -5.78. The quantitative estimate of drug-likeness (QED) is 0.0114. The molecule has 1 aromatic heterocycles. The molecule has 3 heterocycles. The van der Waals surface area contributed by atoms with Crippen LogP contribution in [-0.2, 0) is 77.4 Å². The highest BCUT2D eigenvalue weighted by molar-refractivity contribution is 7.86. The molecule has 9 N–H and O–H groups in total. The van der Waals surface area contributed by atoms with Crippen LogP contribution in [0.2, 0.25) is 0 Å². The average molecular weight is 1380 g/mol. The van der Waals surface area contributed by atoms with E-state index in [-0.39, 0.29) is 108 Å². The predicted octanol–water partition coefficient (Wildman–Crippen LogP) is 8.89. The zero-order valence-electron chi connectivity index (χ0n) is 55.3. The summed E-state index contributed by atoms with van der Waals surface area (Å²) in [4.78, 5) is 96.6. The van der Waals surface area contributed by atoms with Gasteiger partial charge in [-0.2, -0.15) is 21.4 Å². The third kappa shape index (κ3) is 22.7. The summed E-state index contributed by atoms with van der Waals surface area (Å²) in [5.41, 5.74) is 8.17. The third-order valence-electron chi connectivity index (χ3n) is 17.5. The fourth-order valence-corrected chi connectivity index (χ4v) is 13.6. The van der Waals surface area contributed by atoms with Crippen molar-refractivity contribution in [1.82, 2.24) is 25.9 Å². The average Bonchev–Trinajstić information content (AvgIpc) is 1.61. The molecule has 0 saturated heterocycles. The lowest BCUT2D eigenvalue weighted by molar-refractivity contribution is -0.438. The summed E-state index contributed by atoms with van der Waals surface area (Å²) in [6.07, 6.45) is 14.1. The topological polar surface area (TPSA) is 378 Å². The Morgan fingerprint density at radius 3 is 2.10 bits per heavy atom. The summed E-state index contributed by atoms with van der Waals surface area (Å²) in [6.45, 7) is 9.60. The number of anilines is 1. The number of imidazole rings is 1. The molecule has 3 atom stereocenters. The van der Waals surface area contributed by atoms with Crippen molar-refractivity contribution >= 4 is 78.7 Å². The van der Waals surface area contributed by atoms with Gasteiger partial charge < -0.3 is 50.6 Å². The number of benzene rings is 3. The maximum atomic E-state index is 14.1. The highest BCUT2D eigenvalue weighted by atomic mass is 32.2. The Labute approximate surface area is 566 Å². The van der Waals surface area contributed by atoms with E-state index in [0.717, 1.165) is 51.5 Å². The van der Waals surface area contributed by atoms with Crippen LogP contribution in [0.15, 0.2) is 132 Å². The Balaban J connectivity index is 1.05. The van der Waals surface area contributed by atoms with E-state index in [1.165, 1.54) is 12.5 Å². The molecule has 1 aliphatic carbocycles. The molecule has 0 radical (unpaired) electrons. The van der Waals surface area contributed by atoms with Crippen LogP contribution in [0.5, 0.6) is 5.75 Å². The maximum absolute atomic E-state index is 14.1. The number of unbranched alkanes of at least 4 members (excludes halogenated alkanes) is 2. The van der Waals surface area contributed by atoms with Gasteiger partial charge in [-0.25, -0.2) is 14.6 Å². The molecule has 0 saturated carbocycles. The van der Waals surface area contributed by atoms with E-state index in [4.69, 9.17) is 14.6 Å². The summed E-state index contributed by atoms with van der Waals surface area (Å²) in [6, 6.07) is 19.9. The van der Waals surface area contributed by atoms with Gasteiger partial charge in [0, 0.05) is 111 Å². The van der Waals surface area contributed by atoms with Crippen LogP contribution in [0.4, 0.5) is 16.2 Å². The summed E-state index contributed by atoms with van der Waals surface area (Å²) in [7, 11) is -8.29. The molecule has 524 valence electrons. The van der Waals surface area contributed by atoms with Gasteiger partial charge in [0.2, 0.25) is 11.6 Å². The molecule has 3 aliphatic rings. The number of carbonyl (C=O) groups excluding carboxylic acids is 4. The number of carboxylic acid groups (broad SMARTS) is 3. The molecule has 3 amide bonds. The van der Waals surface area contributed by atoms with E-state index < -0.39 is 91.1 Å². The molecule has 27 heteroatoms. The number of Topliss-reactive ketones (excluding diaryl/α,β-unsaturated/α-hetero) is 2. The van der Waals surface area contributed by atoms with Gasteiger partial charge in [0.15, 0.2) is 11.5 Å². The second kappa shape index (κ2) is 35.0. The van der Waals surface area contributed by atoms with Crippen molar-refractivity contribution in [2.45, 2.75) is 160 Å². The minimum atomic E-state index is -4.14. The van der Waals surface area contributed by atoms with Crippen LogP contribution in [0.1, 0.15) is 146 Å². The van der Waals surface area contributed by atoms with Crippen molar-refractivity contribution in [3.63, 3.8) is 0 Å². The molecule has 0 spiro atoms. The highest BCUT2D eigenvalue weighted by Crippen LogP contribution is 2.48. The molecule has 25 nitrogen and oxygen atoms in total. The number of urea groups is 1. The molecule has 0 fully saturated rings. The first-order chi connectivity index (χ1) is 46.0. The number of aliphatic carboxylic acids is 3. The van der Waals surface area contributed by atoms with Gasteiger partial charge in [0.05, 0.1) is 41.8 Å². The first kappa shape index (κ1) is 75.7. The number of hydrogen-bond donors (Lipinski definition) is 9. The zero-order valence-corrected chi connectivity index (χ0v) is 56.9. The van der Waals surface area contributed by atoms with Gasteiger partial charge in [0.1, 0.15) is 29.9 Å². The van der Waals surface area contributed by atoms with Crippen LogP contribution in [0, 0.1) is 5.92 Å². The minimum absolute atomic E-state index is 0.00571. The number of ketones is 2. The number of carboxylic acids is 3. The number of carbonyl (C=O) groups is 7. The van der Waals surface area contributed by atoms with Crippen LogP contribution in [0.25, 0.3) is 0 Å². The van der Waals surface area contributed by atoms with E-state index in [1.54, 1.807) is 24.3 Å². The first-order valence-electron chi connectivity index (χ1n) is 32.7. The van der Waals surface area contributed by atoms with Crippen LogP contribution < -0.4 is 25.6 Å². The van der Waals surface area contributed by atoms with Crippen molar-refractivity contribution in [2.24, 2.45) is 5.92 Å². The smallest absolute Gasteiger partial charge is 0.326 e. The normalized spacial score (nSPS) is 16.8. The Morgan fingerprint density at radius 1 is 0.722 bits per heavy atom. The van der Waals surface area contributed by atoms with Crippen molar-refractivity contribution in [2.75, 3.05) is 49.3 Å². The monoisotopic (exact) mass is 1380 g/mol. The fraction of sp³-hybridized carbons (Fsp3) is 0.471. The van der Waals surface area contributed by atoms with Crippen LogP contribution >= 0.6 is 0 Å². The fourth-order valence-electron chi connectivity index (χ4n) is 12.4. The Morgan fingerprint density at radius 2 is 1.42 bits per heavy atom. The SMILES string of the molecule is CC1(C)C(=CC=C2CCCC(C=CC3=[N+](CCCCS(=O)(=O)O)c4ccccc4C3(C)C)=C2Oc2ccc(C[C@H](CC(=O)[C@H](Cc3cnc[nH]3)NC(=O)CCOCCCC(=O)CC[C@H](NC(=O)NCCCC(=O)O)C(=O)O)C(=O)O)cc2)N(CCCCS(=O)(=O)O)c2ccccc21. The lowest BCUT2D eigenvalue weighted by Crippen LogP contribution is -2.46. The van der Waals surface area contributed by atoms with Crippen molar-refractivity contribution < 1.29 is 88.9 Å². The number of amides is 3. The van der Waals surface area contributed by atoms with Crippen LogP contribution in [-0.4, -0.2) is 159 Å². The second-order valence-corrected chi connectivity index (χ2v) is 28.8. The number of hydrogen-bond acceptors (Lipinski definition) is 15. The van der Waals surface area contributed by atoms with E-state index in [0.29, 0.717) is 61.5 Å². The first-order valence-corrected chi connectivity index (χ1v) is 35.9. The minimum Gasteiger partial charge on any atom is -0.481 e. The van der Waals surface area contributed by atoms with E-state index in [2.05, 4.69) is 99.5 Å². The number of fused-ring (bicyclic) bond motifs is 2. The molecule has 97 heavy (non-hydrogen) atoms. The number of aromatic amines is 1. The second-order valence-electron chi connectivity index (χ2n) is 25.6. The highest BCUT2D eigenvalue weighted by Gasteiger charge is 2.44. The molecule has 3 aromatic carbocycles. The third-order valence-corrected chi connectivity index (χ3v) is 19.1. The summed E-state index contributed by atoms with van der Waals surface area (Å²) < 4.78 is 80.5. The number of aromatic nitrogens is 2. The summed E-state index contributed by atoms with van der Waals surface area (Å²) >= 11 is 0. The molecule has 7 rings (SSSR count). The van der Waals surface area contributed by atoms with Crippen molar-refractivity contribution in [3.05, 3.63) is 155 Å². The summed E-state index contributed by atoms with van der Waals surface area (Å²) in [5, 5.41) is 36.2. The number of ether oxygens (including phenoxy) is 2. The van der Waals surface area contributed by atoms with E-state index in [1.807, 2.05) is 36.4 Å². The molecular formula is C70H90N7O18S2+. The van der Waals surface area contributed by atoms with Gasteiger partial charge in [-0.3, -0.25) is 33.1 Å². The van der Waals surface area contributed by atoms with Gasteiger partial charge in [-0.15, -0.1) is 0 Å². The van der Waals surface area contributed by atoms with Gasteiger partial charge in [0.25, 0.3) is 20.2 Å². The van der Waals surface area contributed by atoms with Gasteiger partial charge in [-0.1, -0.05) is 68.5 Å². The molecular weight excluding hydrogens is 1290 g/mol. The number of para-hydroxylation sites is 2. The van der Waals surface area contributed by atoms with Crippen LogP contribution in [0.3, 0.4) is 0 Å². The van der Waals surface area contributed by atoms with Gasteiger partial charge in [-0.05, 0) is 131 Å². The Bertz CT molecular complexity index is 3870. The Kier molecular flexibility index (Phi) is 27.4. The van der Waals surface area contributed by atoms with E-state index in [9.17, 15) is 69.7 Å². The molecule has 0 bridgehead atoms. The molecule has 2 aliphatic heterocycles. The van der Waals surface area contributed by atoms with E-state index >= 15 is 0 Å². The Hall–Kier alpha value is -8.63. The number of nitrogens with zero attached hydrogens (tertiary/aromatic N) is 3. The lowest BCUT2D eigenvalue weighted by atomic mass is 9.81. The number of allylic oxidation sites excluding steroid dienone is 7. The predicted molar refractivity (Wildman–Crippen MR) is 363 cm³/mol. The molecule has 0 unspecified atom stereocenters. The zero-order chi connectivity index (χ0) is 70.5. The number of rotatable bonds is 40. The standard InChI is InChI=1S/C70H89N7O18S2/c1-69(2)54-19-5-7-21-58(54)76(36-9-11-40-96(88,89)90)61(69)32-26-48-16-13-17-49(27-33-62-70(3,4)55-20-6-8-22-59(55)77(62)37-10-12-41-97(91,92)93)65(48)95-53-29-24-47(25-30-53)42-50(66(83)84)43-60(79)57(44-51-45-71-46-73-51)74-63(80)34-39-94-38-15-18-52(78)28-31-56(67(85)86)75-68(87)72-35-14-23-64(81)82/h5-8,19-22,24-27,29-30,32-33,45-46,50,56-57H,9-18,23,28,31,34-44H2,1-4H3,(H8-,71,72,73,74,75,80,81,82,83,84,85,86,87,88,89,90,91,92,93)/p+1/t50-,56+,57+/m1/s1. The number of H-pyrrole nitrogens is 1. The number of nitrogens with one attached hydrogen (secondary N) is 4.